The lowest BCUT2D eigenvalue weighted by molar-refractivity contribution is -0.133. The zero-order valence-corrected chi connectivity index (χ0v) is 14.8. The fraction of sp³-hybridized carbons (Fsp3) is 0.650. The first-order chi connectivity index (χ1) is 11.6. The highest BCUT2D eigenvalue weighted by Crippen LogP contribution is 2.25. The van der Waals surface area contributed by atoms with Crippen LogP contribution in [-0.4, -0.2) is 59.1 Å². The van der Waals surface area contributed by atoms with E-state index in [1.54, 1.807) is 0 Å². The van der Waals surface area contributed by atoms with Crippen LogP contribution < -0.4 is 0 Å². The first kappa shape index (κ1) is 17.4. The number of nitrogens with zero attached hydrogens (tertiary/aromatic N) is 2. The molecule has 1 aliphatic heterocycles. The molecular weight excluding hydrogens is 300 g/mol. The molecule has 0 radical (unpaired) electrons. The predicted octanol–water partition coefficient (Wildman–Crippen LogP) is 2.38. The summed E-state index contributed by atoms with van der Waals surface area (Å²) < 4.78 is 0. The van der Waals surface area contributed by atoms with Gasteiger partial charge in [-0.05, 0) is 44.6 Å². The molecule has 2 atom stereocenters. The van der Waals surface area contributed by atoms with Crippen molar-refractivity contribution in [2.24, 2.45) is 0 Å². The third-order valence-corrected chi connectivity index (χ3v) is 5.56. The van der Waals surface area contributed by atoms with Crippen molar-refractivity contribution in [3.8, 4) is 0 Å². The van der Waals surface area contributed by atoms with E-state index in [1.807, 2.05) is 4.90 Å². The molecule has 1 aromatic rings. The maximum Gasteiger partial charge on any atom is 0.222 e. The molecule has 4 nitrogen and oxygen atoms in total. The highest BCUT2D eigenvalue weighted by molar-refractivity contribution is 5.76. The molecule has 3 rings (SSSR count). The second-order valence-electron chi connectivity index (χ2n) is 7.32. The molecule has 24 heavy (non-hydrogen) atoms. The van der Waals surface area contributed by atoms with E-state index in [9.17, 15) is 9.90 Å². The molecule has 1 aromatic carbocycles. The summed E-state index contributed by atoms with van der Waals surface area (Å²) in [6.45, 7) is 5.54. The Balaban J connectivity index is 1.38. The summed E-state index contributed by atoms with van der Waals surface area (Å²) in [5, 5.41) is 10.0. The molecule has 2 fully saturated rings. The Kier molecular flexibility index (Phi) is 5.90. The van der Waals surface area contributed by atoms with Gasteiger partial charge >= 0.3 is 0 Å². The minimum Gasteiger partial charge on any atom is -0.391 e. The third kappa shape index (κ3) is 4.37. The van der Waals surface area contributed by atoms with Crippen molar-refractivity contribution < 1.29 is 9.90 Å². The second-order valence-corrected chi connectivity index (χ2v) is 7.32. The third-order valence-electron chi connectivity index (χ3n) is 5.56. The zero-order chi connectivity index (χ0) is 16.9. The van der Waals surface area contributed by atoms with Crippen LogP contribution in [0, 0.1) is 6.92 Å². The van der Waals surface area contributed by atoms with Gasteiger partial charge in [-0.3, -0.25) is 9.69 Å². The van der Waals surface area contributed by atoms with Crippen molar-refractivity contribution in [1.29, 1.82) is 0 Å². The Bertz CT molecular complexity index is 535. The normalized spacial score (nSPS) is 25.2. The van der Waals surface area contributed by atoms with E-state index >= 15 is 0 Å². The fourth-order valence-corrected chi connectivity index (χ4v) is 4.01. The van der Waals surface area contributed by atoms with E-state index in [1.165, 1.54) is 11.1 Å². The van der Waals surface area contributed by atoms with E-state index in [2.05, 4.69) is 36.1 Å². The number of benzene rings is 1. The summed E-state index contributed by atoms with van der Waals surface area (Å²) >= 11 is 0. The van der Waals surface area contributed by atoms with Gasteiger partial charge in [-0.15, -0.1) is 0 Å². The van der Waals surface area contributed by atoms with E-state index < -0.39 is 0 Å². The average molecular weight is 330 g/mol. The van der Waals surface area contributed by atoms with Crippen LogP contribution in [0.15, 0.2) is 24.3 Å². The van der Waals surface area contributed by atoms with Gasteiger partial charge in [-0.25, -0.2) is 0 Å². The predicted molar refractivity (Wildman–Crippen MR) is 95.9 cm³/mol. The van der Waals surface area contributed by atoms with Crippen LogP contribution in [0.25, 0.3) is 0 Å². The number of amides is 1. The lowest BCUT2D eigenvalue weighted by atomic mass is 10.1. The summed E-state index contributed by atoms with van der Waals surface area (Å²) in [6.07, 6.45) is 5.53. The molecule has 1 amide bonds. The number of carbonyl (C=O) groups is 1. The molecule has 0 bridgehead atoms. The van der Waals surface area contributed by atoms with E-state index in [0.29, 0.717) is 12.5 Å². The number of carbonyl (C=O) groups excluding carboxylic acids is 1. The van der Waals surface area contributed by atoms with Crippen LogP contribution in [0.3, 0.4) is 0 Å². The highest BCUT2D eigenvalue weighted by Gasteiger charge is 2.33. The number of piperazine rings is 1. The van der Waals surface area contributed by atoms with Crippen molar-refractivity contribution in [2.75, 3.05) is 26.2 Å². The van der Waals surface area contributed by atoms with Gasteiger partial charge in [0.15, 0.2) is 0 Å². The maximum absolute atomic E-state index is 12.4. The molecular formula is C20H30N2O2. The summed E-state index contributed by atoms with van der Waals surface area (Å²) in [5.74, 6) is 0.286. The van der Waals surface area contributed by atoms with Gasteiger partial charge < -0.3 is 10.0 Å². The van der Waals surface area contributed by atoms with Crippen molar-refractivity contribution in [2.45, 2.75) is 57.6 Å². The van der Waals surface area contributed by atoms with Crippen LogP contribution >= 0.6 is 0 Å². The summed E-state index contributed by atoms with van der Waals surface area (Å²) in [7, 11) is 0. The molecule has 0 aromatic heterocycles. The van der Waals surface area contributed by atoms with E-state index in [0.717, 1.165) is 58.3 Å². The Morgan fingerprint density at radius 1 is 1.12 bits per heavy atom. The molecule has 1 heterocycles. The molecule has 0 unspecified atom stereocenters. The standard InChI is InChI=1S/C20H30N2O2/c1-16-8-10-17(11-9-16)4-2-7-20(24)22-14-12-21(13-15-22)18-5-3-6-19(18)23/h8-11,18-19,23H,2-7,12-15H2,1H3/t18-,19-/m1/s1. The minimum absolute atomic E-state index is 0.165. The maximum atomic E-state index is 12.4. The average Bonchev–Trinajstić information content (AvgIpc) is 3.03. The van der Waals surface area contributed by atoms with Crippen LogP contribution in [0.1, 0.15) is 43.2 Å². The zero-order valence-electron chi connectivity index (χ0n) is 14.8. The minimum atomic E-state index is -0.165. The first-order valence-electron chi connectivity index (χ1n) is 9.39. The molecule has 1 saturated carbocycles. The smallest absolute Gasteiger partial charge is 0.222 e. The summed E-state index contributed by atoms with van der Waals surface area (Å²) in [6, 6.07) is 8.90. The SMILES string of the molecule is Cc1ccc(CCCC(=O)N2CCN([C@@H]3CCC[C@H]3O)CC2)cc1. The molecule has 4 heteroatoms. The first-order valence-corrected chi connectivity index (χ1v) is 9.39. The lowest BCUT2D eigenvalue weighted by Crippen LogP contribution is -2.53. The van der Waals surface area contributed by atoms with Crippen molar-refractivity contribution in [1.82, 2.24) is 9.80 Å². The van der Waals surface area contributed by atoms with Gasteiger partial charge in [-0.1, -0.05) is 29.8 Å². The Hall–Kier alpha value is -1.39. The number of aliphatic hydroxyl groups is 1. The molecule has 0 spiro atoms. The van der Waals surface area contributed by atoms with Crippen molar-refractivity contribution >= 4 is 5.91 Å². The number of hydrogen-bond donors (Lipinski definition) is 1. The monoisotopic (exact) mass is 330 g/mol. The van der Waals surface area contributed by atoms with Crippen LogP contribution in [0.4, 0.5) is 0 Å². The largest absolute Gasteiger partial charge is 0.391 e. The summed E-state index contributed by atoms with van der Waals surface area (Å²) in [5.41, 5.74) is 2.59. The number of aliphatic hydroxyl groups excluding tert-OH is 1. The lowest BCUT2D eigenvalue weighted by Gasteiger charge is -2.39. The van der Waals surface area contributed by atoms with Gasteiger partial charge in [0.05, 0.1) is 6.10 Å². The second kappa shape index (κ2) is 8.13. The van der Waals surface area contributed by atoms with E-state index in [4.69, 9.17) is 0 Å². The number of aryl methyl sites for hydroxylation is 2. The van der Waals surface area contributed by atoms with Crippen molar-refractivity contribution in [3.05, 3.63) is 35.4 Å². The number of rotatable bonds is 5. The molecule has 1 saturated heterocycles. The van der Waals surface area contributed by atoms with E-state index in [-0.39, 0.29) is 12.0 Å². The van der Waals surface area contributed by atoms with Crippen LogP contribution in [0.5, 0.6) is 0 Å². The van der Waals surface area contributed by atoms with Gasteiger partial charge in [0.2, 0.25) is 5.91 Å². The summed E-state index contributed by atoms with van der Waals surface area (Å²) in [4.78, 5) is 16.8. The number of hydrogen-bond acceptors (Lipinski definition) is 3. The van der Waals surface area contributed by atoms with Gasteiger partial charge in [0.25, 0.3) is 0 Å². The van der Waals surface area contributed by atoms with Crippen LogP contribution in [0.2, 0.25) is 0 Å². The Morgan fingerprint density at radius 2 is 1.83 bits per heavy atom. The van der Waals surface area contributed by atoms with Gasteiger partial charge in [0.1, 0.15) is 0 Å². The topological polar surface area (TPSA) is 43.8 Å². The highest BCUT2D eigenvalue weighted by atomic mass is 16.3. The Labute approximate surface area is 145 Å². The molecule has 2 aliphatic rings. The van der Waals surface area contributed by atoms with Crippen molar-refractivity contribution in [3.63, 3.8) is 0 Å². The fourth-order valence-electron chi connectivity index (χ4n) is 4.01. The van der Waals surface area contributed by atoms with Gasteiger partial charge in [-0.2, -0.15) is 0 Å². The quantitative estimate of drug-likeness (QED) is 0.901. The molecule has 132 valence electrons. The van der Waals surface area contributed by atoms with Crippen LogP contribution in [-0.2, 0) is 11.2 Å². The molecule has 1 aliphatic carbocycles. The van der Waals surface area contributed by atoms with Gasteiger partial charge in [0, 0.05) is 38.6 Å². The Morgan fingerprint density at radius 3 is 2.46 bits per heavy atom. The molecule has 1 N–H and O–H groups in total.